The van der Waals surface area contributed by atoms with Crippen LogP contribution in [0.1, 0.15) is 51.9 Å². The third-order valence-electron chi connectivity index (χ3n) is 8.33. The van der Waals surface area contributed by atoms with E-state index in [0.717, 1.165) is 75.0 Å². The Kier molecular flexibility index (Phi) is 8.67. The molecule has 0 atom stereocenters. The van der Waals surface area contributed by atoms with Gasteiger partial charge in [0.1, 0.15) is 0 Å². The molecule has 1 N–H and O–H groups in total. The highest BCUT2D eigenvalue weighted by Crippen LogP contribution is 2.33. The van der Waals surface area contributed by atoms with E-state index in [1.807, 2.05) is 61.7 Å². The highest BCUT2D eigenvalue weighted by atomic mass is 16.1. The van der Waals surface area contributed by atoms with Gasteiger partial charge >= 0.3 is 0 Å². The van der Waals surface area contributed by atoms with E-state index >= 15 is 0 Å². The van der Waals surface area contributed by atoms with Gasteiger partial charge in [0.25, 0.3) is 5.91 Å². The summed E-state index contributed by atoms with van der Waals surface area (Å²) in [5, 5.41) is 4.99. The molecule has 44 heavy (non-hydrogen) atoms. The van der Waals surface area contributed by atoms with E-state index in [2.05, 4.69) is 69.3 Å². The lowest BCUT2D eigenvalue weighted by atomic mass is 10.0. The van der Waals surface area contributed by atoms with Crippen LogP contribution < -0.4 is 5.32 Å². The molecule has 3 heterocycles. The summed E-state index contributed by atoms with van der Waals surface area (Å²) >= 11 is 0. The number of carbonyl (C=O) groups is 1. The topological polar surface area (TPSA) is 62.5 Å². The van der Waals surface area contributed by atoms with Crippen molar-refractivity contribution in [1.29, 1.82) is 0 Å². The summed E-state index contributed by atoms with van der Waals surface area (Å²) in [5.74, 6) is 6.53. The number of likely N-dealkylation sites (tertiary alicyclic amines) is 1. The van der Waals surface area contributed by atoms with E-state index in [1.165, 1.54) is 19.3 Å². The summed E-state index contributed by atoms with van der Waals surface area (Å²) in [7, 11) is 2.03. The smallest absolute Gasteiger partial charge is 0.252 e. The Morgan fingerprint density at radius 3 is 2.57 bits per heavy atom. The fraction of sp³-hybridized carbons (Fsp3) is 0.237. The normalized spacial score (nSPS) is 13.4. The summed E-state index contributed by atoms with van der Waals surface area (Å²) in [6, 6.07) is 22.2. The van der Waals surface area contributed by atoms with Crippen molar-refractivity contribution in [3.8, 4) is 23.1 Å². The first-order valence-corrected chi connectivity index (χ1v) is 15.2. The average Bonchev–Trinajstić information content (AvgIpc) is 3.39. The molecule has 0 saturated carbocycles. The van der Waals surface area contributed by atoms with E-state index in [1.54, 1.807) is 0 Å². The molecule has 2 aromatic heterocycles. The molecule has 5 aromatic rings. The van der Waals surface area contributed by atoms with Crippen molar-refractivity contribution in [1.82, 2.24) is 19.8 Å². The molecule has 0 bridgehead atoms. The maximum absolute atomic E-state index is 13.9. The Balaban J connectivity index is 1.37. The van der Waals surface area contributed by atoms with Gasteiger partial charge in [-0.15, -0.1) is 0 Å². The molecule has 1 saturated heterocycles. The number of benzene rings is 3. The lowest BCUT2D eigenvalue weighted by Crippen LogP contribution is -2.29. The van der Waals surface area contributed by atoms with Crippen molar-refractivity contribution in [2.75, 3.05) is 19.6 Å². The first-order valence-electron chi connectivity index (χ1n) is 15.2. The number of rotatable bonds is 8. The maximum Gasteiger partial charge on any atom is 0.252 e. The second-order valence-electron chi connectivity index (χ2n) is 11.4. The molecule has 0 aliphatic carbocycles. The summed E-state index contributed by atoms with van der Waals surface area (Å²) in [4.78, 5) is 25.3. The predicted octanol–water partition coefficient (Wildman–Crippen LogP) is 7.00. The molecule has 220 valence electrons. The van der Waals surface area contributed by atoms with E-state index in [0.29, 0.717) is 18.7 Å². The van der Waals surface area contributed by atoms with Gasteiger partial charge in [-0.1, -0.05) is 61.2 Å². The lowest BCUT2D eigenvalue weighted by molar-refractivity contribution is 0.0952. The summed E-state index contributed by atoms with van der Waals surface area (Å²) in [6.45, 7) is 11.5. The second-order valence-corrected chi connectivity index (χ2v) is 11.4. The number of hydrogen-bond acceptors (Lipinski definition) is 4. The quantitative estimate of drug-likeness (QED) is 0.159. The molecule has 1 amide bonds. The summed E-state index contributed by atoms with van der Waals surface area (Å²) < 4.78 is 2.09. The molecule has 0 spiro atoms. The fourth-order valence-electron chi connectivity index (χ4n) is 5.91. The Bertz CT molecular complexity index is 1920. The summed E-state index contributed by atoms with van der Waals surface area (Å²) in [5.41, 5.74) is 8.16. The molecule has 1 aliphatic rings. The van der Waals surface area contributed by atoms with E-state index < -0.39 is 0 Å². The van der Waals surface area contributed by atoms with Crippen molar-refractivity contribution in [3.63, 3.8) is 0 Å². The van der Waals surface area contributed by atoms with Crippen LogP contribution in [0.4, 0.5) is 0 Å². The Morgan fingerprint density at radius 1 is 1.00 bits per heavy atom. The number of pyridine rings is 1. The van der Waals surface area contributed by atoms with Crippen LogP contribution in [0.2, 0.25) is 0 Å². The van der Waals surface area contributed by atoms with Crippen molar-refractivity contribution < 1.29 is 4.79 Å². The SMILES string of the molecule is C=Cc1ccc2c(c1)c(-c1cc(C(=O)NCc3ccc(CN=C)cc3)c3cc(C#CCN4CCCCC4)ccc3n1)cn2C. The van der Waals surface area contributed by atoms with Crippen LogP contribution in [0.15, 0.2) is 84.5 Å². The van der Waals surface area contributed by atoms with Gasteiger partial charge in [0.05, 0.1) is 29.9 Å². The number of nitrogens with zero attached hydrogens (tertiary/aromatic N) is 4. The lowest BCUT2D eigenvalue weighted by Gasteiger charge is -2.23. The molecular formula is C38H37N5O. The third kappa shape index (κ3) is 6.34. The van der Waals surface area contributed by atoms with Gasteiger partial charge in [-0.05, 0) is 85.7 Å². The number of amides is 1. The molecule has 1 fully saturated rings. The predicted molar refractivity (Wildman–Crippen MR) is 182 cm³/mol. The van der Waals surface area contributed by atoms with Gasteiger partial charge in [-0.3, -0.25) is 14.7 Å². The Hall–Kier alpha value is -4.99. The van der Waals surface area contributed by atoms with Crippen LogP contribution >= 0.6 is 0 Å². The van der Waals surface area contributed by atoms with Crippen molar-refractivity contribution in [2.24, 2.45) is 12.0 Å². The van der Waals surface area contributed by atoms with E-state index in [-0.39, 0.29) is 5.91 Å². The Morgan fingerprint density at radius 2 is 1.80 bits per heavy atom. The molecule has 6 heteroatoms. The van der Waals surface area contributed by atoms with Crippen LogP contribution in [-0.2, 0) is 20.1 Å². The van der Waals surface area contributed by atoms with Crippen molar-refractivity contribution in [3.05, 3.63) is 107 Å². The average molecular weight is 580 g/mol. The van der Waals surface area contributed by atoms with Gasteiger partial charge in [-0.25, -0.2) is 4.98 Å². The standard InChI is InChI=1S/C38H37N5O/c1-4-27-15-17-37-32(21-27)34(26-42(37)3)36-23-33(38(44)40-25-30-12-10-29(11-13-30)24-39-2)31-22-28(14-16-35(31)41-36)9-8-20-43-18-6-5-7-19-43/h4,10-17,21-23,26H,1-2,5-7,18-20,24-25H2,3H3,(H,40,44). The number of fused-ring (bicyclic) bond motifs is 2. The third-order valence-corrected chi connectivity index (χ3v) is 8.33. The van der Waals surface area contributed by atoms with Gasteiger partial charge in [0, 0.05) is 47.2 Å². The van der Waals surface area contributed by atoms with Gasteiger partial charge in [0.15, 0.2) is 0 Å². The molecule has 0 unspecified atom stereocenters. The van der Waals surface area contributed by atoms with Crippen molar-refractivity contribution in [2.45, 2.75) is 32.4 Å². The molecule has 6 nitrogen and oxygen atoms in total. The minimum absolute atomic E-state index is 0.152. The zero-order valence-electron chi connectivity index (χ0n) is 25.3. The molecule has 6 rings (SSSR count). The van der Waals surface area contributed by atoms with Crippen LogP contribution in [-0.4, -0.2) is 46.7 Å². The highest BCUT2D eigenvalue weighted by Gasteiger charge is 2.18. The minimum Gasteiger partial charge on any atom is -0.350 e. The van der Waals surface area contributed by atoms with Crippen molar-refractivity contribution >= 4 is 40.5 Å². The maximum atomic E-state index is 13.9. The number of aromatic nitrogens is 2. The van der Waals surface area contributed by atoms with Crippen LogP contribution in [0.3, 0.4) is 0 Å². The Labute approximate surface area is 259 Å². The molecular weight excluding hydrogens is 542 g/mol. The number of aryl methyl sites for hydroxylation is 1. The first-order chi connectivity index (χ1) is 21.5. The van der Waals surface area contributed by atoms with E-state index in [9.17, 15) is 4.79 Å². The monoisotopic (exact) mass is 579 g/mol. The number of nitrogens with one attached hydrogen (secondary N) is 1. The zero-order chi connectivity index (χ0) is 30.5. The number of carbonyl (C=O) groups excluding carboxylic acids is 1. The molecule has 1 aliphatic heterocycles. The van der Waals surface area contributed by atoms with Gasteiger partial charge in [-0.2, -0.15) is 0 Å². The van der Waals surface area contributed by atoms with Crippen LogP contribution in [0, 0.1) is 11.8 Å². The number of piperidine rings is 1. The zero-order valence-corrected chi connectivity index (χ0v) is 25.3. The molecule has 0 radical (unpaired) electrons. The van der Waals surface area contributed by atoms with Crippen LogP contribution in [0.5, 0.6) is 0 Å². The van der Waals surface area contributed by atoms with Gasteiger partial charge in [0.2, 0.25) is 0 Å². The van der Waals surface area contributed by atoms with Gasteiger partial charge < -0.3 is 9.88 Å². The number of aliphatic imine (C=N–C) groups is 1. The van der Waals surface area contributed by atoms with E-state index in [4.69, 9.17) is 4.98 Å². The highest BCUT2D eigenvalue weighted by molar-refractivity contribution is 6.08. The second kappa shape index (κ2) is 13.1. The molecule has 3 aromatic carbocycles. The largest absolute Gasteiger partial charge is 0.350 e. The van der Waals surface area contributed by atoms with Crippen LogP contribution in [0.25, 0.3) is 39.1 Å². The fourth-order valence-corrected chi connectivity index (χ4v) is 5.91. The number of hydrogen-bond donors (Lipinski definition) is 1. The summed E-state index contributed by atoms with van der Waals surface area (Å²) in [6.07, 6.45) is 7.71. The first kappa shape index (κ1) is 29.1. The minimum atomic E-state index is -0.152.